The molecule has 1 aromatic rings. The zero-order chi connectivity index (χ0) is 14.7. The molecular weight excluding hydrogens is 272 g/mol. The van der Waals surface area contributed by atoms with Crippen LogP contribution in [0.4, 0.5) is 0 Å². The summed E-state index contributed by atoms with van der Waals surface area (Å²) in [5.74, 6) is 0.182. The van der Waals surface area contributed by atoms with E-state index in [-0.39, 0.29) is 11.8 Å². The average Bonchev–Trinajstić information content (AvgIpc) is 2.47. The quantitative estimate of drug-likeness (QED) is 0.798. The molecule has 0 radical (unpaired) electrons. The van der Waals surface area contributed by atoms with Crippen LogP contribution in [0.15, 0.2) is 24.3 Å². The van der Waals surface area contributed by atoms with Gasteiger partial charge < -0.3 is 4.90 Å². The lowest BCUT2D eigenvalue weighted by molar-refractivity contribution is 0.0553. The molecule has 1 aliphatic rings. The van der Waals surface area contributed by atoms with Crippen LogP contribution in [-0.2, 0) is 0 Å². The highest BCUT2D eigenvalue weighted by Crippen LogP contribution is 2.17. The van der Waals surface area contributed by atoms with E-state index in [1.54, 1.807) is 12.1 Å². The average molecular weight is 295 g/mol. The van der Waals surface area contributed by atoms with E-state index in [0.29, 0.717) is 11.1 Å². The Kier molecular flexibility index (Phi) is 5.19. The van der Waals surface area contributed by atoms with Crippen molar-refractivity contribution in [3.05, 3.63) is 34.9 Å². The van der Waals surface area contributed by atoms with Crippen molar-refractivity contribution in [2.45, 2.75) is 32.4 Å². The van der Waals surface area contributed by atoms with Crippen LogP contribution in [0.5, 0.6) is 0 Å². The molecule has 3 nitrogen and oxygen atoms in total. The molecule has 1 aromatic carbocycles. The predicted octanol–water partition coefficient (Wildman–Crippen LogP) is 2.94. The Balaban J connectivity index is 2.05. The van der Waals surface area contributed by atoms with Crippen LogP contribution in [0.25, 0.3) is 0 Å². The summed E-state index contributed by atoms with van der Waals surface area (Å²) in [5.41, 5.74) is 0.744. The Morgan fingerprint density at radius 3 is 2.60 bits per heavy atom. The maximum atomic E-state index is 12.5. The van der Waals surface area contributed by atoms with Gasteiger partial charge in [-0.25, -0.2) is 0 Å². The van der Waals surface area contributed by atoms with Crippen molar-refractivity contribution in [3.8, 4) is 0 Å². The van der Waals surface area contributed by atoms with Crippen molar-refractivity contribution in [1.82, 2.24) is 9.80 Å². The highest BCUT2D eigenvalue weighted by Gasteiger charge is 2.29. The first-order valence-electron chi connectivity index (χ1n) is 7.27. The topological polar surface area (TPSA) is 23.6 Å². The number of nitrogens with zero attached hydrogens (tertiary/aromatic N) is 2. The lowest BCUT2D eigenvalue weighted by Crippen LogP contribution is -2.55. The van der Waals surface area contributed by atoms with Gasteiger partial charge in [0.1, 0.15) is 0 Å². The summed E-state index contributed by atoms with van der Waals surface area (Å²) >= 11 is 5.87. The molecule has 0 aliphatic carbocycles. The fraction of sp³-hybridized carbons (Fsp3) is 0.562. The molecule has 110 valence electrons. The minimum Gasteiger partial charge on any atom is -0.301 e. The number of hydrogen-bond acceptors (Lipinski definition) is 3. The van der Waals surface area contributed by atoms with Gasteiger partial charge in [0.2, 0.25) is 0 Å². The van der Waals surface area contributed by atoms with E-state index in [2.05, 4.69) is 23.8 Å². The molecule has 0 N–H and O–H groups in total. The first-order chi connectivity index (χ1) is 9.52. The molecule has 1 aliphatic heterocycles. The van der Waals surface area contributed by atoms with Crippen molar-refractivity contribution in [3.63, 3.8) is 0 Å². The molecular formula is C16H23ClN2O. The van der Waals surface area contributed by atoms with Crippen LogP contribution in [0.3, 0.4) is 0 Å². The fourth-order valence-corrected chi connectivity index (χ4v) is 2.91. The lowest BCUT2D eigenvalue weighted by atomic mass is 10.0. The van der Waals surface area contributed by atoms with E-state index in [4.69, 9.17) is 11.6 Å². The van der Waals surface area contributed by atoms with E-state index in [0.717, 1.165) is 31.6 Å². The van der Waals surface area contributed by atoms with Crippen LogP contribution in [0, 0.1) is 0 Å². The Hall–Kier alpha value is -0.900. The number of carbonyl (C=O) groups is 1. The van der Waals surface area contributed by atoms with E-state index in [1.165, 1.54) is 0 Å². The van der Waals surface area contributed by atoms with Gasteiger partial charge in [-0.2, -0.15) is 0 Å². The van der Waals surface area contributed by atoms with Gasteiger partial charge in [-0.15, -0.1) is 0 Å². The third-order valence-corrected chi connectivity index (χ3v) is 4.59. The van der Waals surface area contributed by atoms with Crippen molar-refractivity contribution < 1.29 is 4.79 Å². The van der Waals surface area contributed by atoms with E-state index in [1.807, 2.05) is 19.1 Å². The van der Waals surface area contributed by atoms with Gasteiger partial charge in [0.05, 0.1) is 6.04 Å². The second-order valence-corrected chi connectivity index (χ2v) is 6.02. The third-order valence-electron chi connectivity index (χ3n) is 4.34. The van der Waals surface area contributed by atoms with Crippen LogP contribution in [-0.4, -0.2) is 54.3 Å². The molecule has 2 unspecified atom stereocenters. The summed E-state index contributed by atoms with van der Waals surface area (Å²) in [6.07, 6.45) is 1.12. The zero-order valence-electron chi connectivity index (χ0n) is 12.5. The molecule has 0 saturated carbocycles. The predicted molar refractivity (Wildman–Crippen MR) is 83.5 cm³/mol. The summed E-state index contributed by atoms with van der Waals surface area (Å²) in [6.45, 7) is 7.16. The van der Waals surface area contributed by atoms with Crippen molar-refractivity contribution in [1.29, 1.82) is 0 Å². The fourth-order valence-electron chi connectivity index (χ4n) is 2.78. The van der Waals surface area contributed by atoms with Gasteiger partial charge in [-0.1, -0.05) is 18.5 Å². The van der Waals surface area contributed by atoms with Crippen molar-refractivity contribution in [2.75, 3.05) is 26.7 Å². The molecule has 0 spiro atoms. The maximum Gasteiger partial charge on any atom is 0.179 e. The van der Waals surface area contributed by atoms with Gasteiger partial charge in [-0.05, 0) is 44.7 Å². The number of rotatable bonds is 4. The standard InChI is InChI=1S/C16H23ClN2O/c1-4-15-11-19(10-9-18(15)3)12(2)16(20)13-5-7-14(17)8-6-13/h5-8,12,15H,4,9-11H2,1-3H3. The minimum absolute atomic E-state index is 0.0704. The Bertz CT molecular complexity index is 460. The number of halogens is 1. The summed E-state index contributed by atoms with van der Waals surface area (Å²) < 4.78 is 0. The number of hydrogen-bond donors (Lipinski definition) is 0. The first kappa shape index (κ1) is 15.5. The number of ketones is 1. The second kappa shape index (κ2) is 6.70. The molecule has 0 bridgehead atoms. The van der Waals surface area contributed by atoms with Gasteiger partial charge in [0.25, 0.3) is 0 Å². The lowest BCUT2D eigenvalue weighted by Gasteiger charge is -2.41. The van der Waals surface area contributed by atoms with Gasteiger partial charge in [0, 0.05) is 36.3 Å². The summed E-state index contributed by atoms with van der Waals surface area (Å²) in [4.78, 5) is 17.2. The molecule has 0 aromatic heterocycles. The van der Waals surface area contributed by atoms with Gasteiger partial charge in [-0.3, -0.25) is 9.69 Å². The number of Topliss-reactive ketones (excluding diaryl/α,β-unsaturated/α-hetero) is 1. The molecule has 2 atom stereocenters. The molecule has 0 amide bonds. The number of carbonyl (C=O) groups excluding carboxylic acids is 1. The Labute approximate surface area is 126 Å². The number of benzene rings is 1. The van der Waals surface area contributed by atoms with Crippen LogP contribution in [0.2, 0.25) is 5.02 Å². The van der Waals surface area contributed by atoms with Gasteiger partial charge >= 0.3 is 0 Å². The highest BCUT2D eigenvalue weighted by molar-refractivity contribution is 6.30. The summed E-state index contributed by atoms with van der Waals surface area (Å²) in [7, 11) is 2.16. The molecule has 4 heteroatoms. The minimum atomic E-state index is -0.0704. The largest absolute Gasteiger partial charge is 0.301 e. The monoisotopic (exact) mass is 294 g/mol. The number of piperazine rings is 1. The first-order valence-corrected chi connectivity index (χ1v) is 7.64. The summed E-state index contributed by atoms with van der Waals surface area (Å²) in [6, 6.07) is 7.66. The molecule has 1 heterocycles. The molecule has 1 saturated heterocycles. The molecule has 1 fully saturated rings. The van der Waals surface area contributed by atoms with Crippen LogP contribution < -0.4 is 0 Å². The highest BCUT2D eigenvalue weighted by atomic mass is 35.5. The third kappa shape index (κ3) is 3.40. The maximum absolute atomic E-state index is 12.5. The number of likely N-dealkylation sites (N-methyl/N-ethyl adjacent to an activating group) is 1. The smallest absolute Gasteiger partial charge is 0.179 e. The van der Waals surface area contributed by atoms with E-state index < -0.39 is 0 Å². The van der Waals surface area contributed by atoms with Crippen molar-refractivity contribution >= 4 is 17.4 Å². The Morgan fingerprint density at radius 1 is 1.35 bits per heavy atom. The van der Waals surface area contributed by atoms with Crippen LogP contribution >= 0.6 is 11.6 Å². The van der Waals surface area contributed by atoms with E-state index >= 15 is 0 Å². The molecule has 2 rings (SSSR count). The second-order valence-electron chi connectivity index (χ2n) is 5.58. The van der Waals surface area contributed by atoms with Crippen LogP contribution in [0.1, 0.15) is 30.6 Å². The summed E-state index contributed by atoms with van der Waals surface area (Å²) in [5, 5.41) is 0.667. The zero-order valence-corrected chi connectivity index (χ0v) is 13.2. The Morgan fingerprint density at radius 2 is 2.00 bits per heavy atom. The van der Waals surface area contributed by atoms with Gasteiger partial charge in [0.15, 0.2) is 5.78 Å². The normalized spacial score (nSPS) is 22.7. The van der Waals surface area contributed by atoms with E-state index in [9.17, 15) is 4.79 Å². The van der Waals surface area contributed by atoms with Crippen molar-refractivity contribution in [2.24, 2.45) is 0 Å². The molecule has 20 heavy (non-hydrogen) atoms. The SMILES string of the molecule is CCC1CN(C(C)C(=O)c2ccc(Cl)cc2)CCN1C.